The van der Waals surface area contributed by atoms with Crippen molar-refractivity contribution in [3.63, 3.8) is 0 Å². The average molecular weight is 443 g/mol. The normalized spacial score (nSPS) is 12.4. The van der Waals surface area contributed by atoms with Crippen LogP contribution in [0.2, 0.25) is 5.02 Å². The van der Waals surface area contributed by atoms with Crippen LogP contribution in [0.4, 0.5) is 0 Å². The van der Waals surface area contributed by atoms with Gasteiger partial charge in [0.25, 0.3) is 5.91 Å². The Balaban J connectivity index is 2.15. The van der Waals surface area contributed by atoms with Gasteiger partial charge in [-0.25, -0.2) is 0 Å². The van der Waals surface area contributed by atoms with Gasteiger partial charge in [-0.05, 0) is 31.5 Å². The van der Waals surface area contributed by atoms with Crippen molar-refractivity contribution in [3.05, 3.63) is 82.1 Å². The van der Waals surface area contributed by atoms with Gasteiger partial charge in [0.05, 0.1) is 28.6 Å². The summed E-state index contributed by atoms with van der Waals surface area (Å²) in [5, 5.41) is 20.7. The van der Waals surface area contributed by atoms with E-state index in [1.807, 2.05) is 0 Å². The molecule has 1 amide bonds. The van der Waals surface area contributed by atoms with E-state index >= 15 is 0 Å². The third-order valence-corrected chi connectivity index (χ3v) is 4.71. The first-order valence-electron chi connectivity index (χ1n) is 9.45. The molecule has 0 saturated heterocycles. The fourth-order valence-corrected chi connectivity index (χ4v) is 3.17. The third-order valence-electron chi connectivity index (χ3n) is 4.38. The standard InChI is InChI=1S/C23H23ClN2O5/c1-14(25)22(15(2)27)20(28)13-31-21(29)12-19(16-8-4-3-5-9-16)26-23(30)17-10-6-7-11-18(17)24/h3-11,19,25,28H,12-13H2,1-2H3,(H,26,30)/t19-/m1/s1. The van der Waals surface area contributed by atoms with E-state index in [2.05, 4.69) is 5.32 Å². The van der Waals surface area contributed by atoms with Crippen molar-refractivity contribution in [2.45, 2.75) is 26.3 Å². The van der Waals surface area contributed by atoms with E-state index in [1.54, 1.807) is 54.6 Å². The molecule has 0 bridgehead atoms. The topological polar surface area (TPSA) is 117 Å². The number of allylic oxidation sites excluding steroid dienone is 1. The van der Waals surface area contributed by atoms with Crippen molar-refractivity contribution >= 4 is 35.0 Å². The number of Topliss-reactive ketones (excluding diaryl/α,β-unsaturated/α-hetero) is 1. The average Bonchev–Trinajstić information content (AvgIpc) is 2.72. The van der Waals surface area contributed by atoms with Crippen molar-refractivity contribution < 1.29 is 24.2 Å². The highest BCUT2D eigenvalue weighted by molar-refractivity contribution is 6.33. The smallest absolute Gasteiger partial charge is 0.308 e. The van der Waals surface area contributed by atoms with Crippen LogP contribution in [0.5, 0.6) is 0 Å². The minimum Gasteiger partial charge on any atom is -0.508 e. The fourth-order valence-electron chi connectivity index (χ4n) is 2.95. The highest BCUT2D eigenvalue weighted by Gasteiger charge is 2.22. The maximum absolute atomic E-state index is 12.7. The molecular weight excluding hydrogens is 420 g/mol. The molecule has 2 rings (SSSR count). The molecule has 7 nitrogen and oxygen atoms in total. The number of halogens is 1. The Kier molecular flexibility index (Phi) is 8.52. The first-order chi connectivity index (χ1) is 14.7. The van der Waals surface area contributed by atoms with Gasteiger partial charge in [-0.3, -0.25) is 14.4 Å². The van der Waals surface area contributed by atoms with Gasteiger partial charge >= 0.3 is 5.97 Å². The van der Waals surface area contributed by atoms with Crippen LogP contribution >= 0.6 is 11.6 Å². The Hall–Kier alpha value is -3.45. The molecule has 31 heavy (non-hydrogen) atoms. The van der Waals surface area contributed by atoms with Gasteiger partial charge in [0.1, 0.15) is 12.4 Å². The minimum atomic E-state index is -0.708. The number of ether oxygens (including phenoxy) is 1. The number of aliphatic hydroxyl groups is 1. The van der Waals surface area contributed by atoms with E-state index in [0.717, 1.165) is 0 Å². The summed E-state index contributed by atoms with van der Waals surface area (Å²) < 4.78 is 5.08. The highest BCUT2D eigenvalue weighted by atomic mass is 35.5. The molecule has 0 radical (unpaired) electrons. The SMILES string of the molecule is CC(=N)C(C(C)=O)=C(O)COC(=O)C[C@@H](NC(=O)c1ccccc1Cl)c1ccccc1. The summed E-state index contributed by atoms with van der Waals surface area (Å²) in [6, 6.07) is 14.7. The Morgan fingerprint density at radius 1 is 1.06 bits per heavy atom. The molecular formula is C23H23ClN2O5. The zero-order chi connectivity index (χ0) is 23.0. The lowest BCUT2D eigenvalue weighted by molar-refractivity contribution is -0.144. The summed E-state index contributed by atoms with van der Waals surface area (Å²) in [5.74, 6) is -2.15. The van der Waals surface area contributed by atoms with E-state index in [-0.39, 0.29) is 28.3 Å². The van der Waals surface area contributed by atoms with Crippen molar-refractivity contribution in [1.82, 2.24) is 5.32 Å². The Labute approximate surface area is 185 Å². The van der Waals surface area contributed by atoms with Crippen LogP contribution in [-0.4, -0.2) is 35.1 Å². The largest absolute Gasteiger partial charge is 0.508 e. The number of nitrogens with one attached hydrogen (secondary N) is 2. The monoisotopic (exact) mass is 442 g/mol. The fraction of sp³-hybridized carbons (Fsp3) is 0.217. The molecule has 0 aliphatic rings. The van der Waals surface area contributed by atoms with Crippen LogP contribution < -0.4 is 5.32 Å². The van der Waals surface area contributed by atoms with E-state index in [0.29, 0.717) is 5.56 Å². The first-order valence-corrected chi connectivity index (χ1v) is 9.83. The quantitative estimate of drug-likeness (QED) is 0.233. The second-order valence-electron chi connectivity index (χ2n) is 6.78. The number of hydrogen-bond donors (Lipinski definition) is 3. The minimum absolute atomic E-state index is 0.129. The summed E-state index contributed by atoms with van der Waals surface area (Å²) in [5.41, 5.74) is 0.626. The van der Waals surface area contributed by atoms with Crippen molar-refractivity contribution in [2.75, 3.05) is 6.61 Å². The van der Waals surface area contributed by atoms with Crippen LogP contribution in [-0.2, 0) is 14.3 Å². The number of rotatable bonds is 9. The number of amides is 1. The number of benzene rings is 2. The van der Waals surface area contributed by atoms with Crippen molar-refractivity contribution in [1.29, 1.82) is 5.41 Å². The van der Waals surface area contributed by atoms with Crippen LogP contribution in [0.3, 0.4) is 0 Å². The van der Waals surface area contributed by atoms with Gasteiger partial charge in [-0.1, -0.05) is 54.1 Å². The molecule has 0 saturated carbocycles. The summed E-state index contributed by atoms with van der Waals surface area (Å²) in [6.45, 7) is 2.01. The Bertz CT molecular complexity index is 1000. The van der Waals surface area contributed by atoms with E-state index < -0.39 is 36.1 Å². The van der Waals surface area contributed by atoms with E-state index in [4.69, 9.17) is 21.7 Å². The number of carbonyl (C=O) groups is 3. The van der Waals surface area contributed by atoms with Crippen LogP contribution in [0.1, 0.15) is 42.2 Å². The van der Waals surface area contributed by atoms with E-state index in [1.165, 1.54) is 13.8 Å². The summed E-state index contributed by atoms with van der Waals surface area (Å²) in [4.78, 5) is 36.6. The molecule has 3 N–H and O–H groups in total. The highest BCUT2D eigenvalue weighted by Crippen LogP contribution is 2.21. The van der Waals surface area contributed by atoms with Gasteiger partial charge in [-0.2, -0.15) is 0 Å². The van der Waals surface area contributed by atoms with Crippen molar-refractivity contribution in [3.8, 4) is 0 Å². The molecule has 0 heterocycles. The van der Waals surface area contributed by atoms with Gasteiger partial charge in [-0.15, -0.1) is 0 Å². The molecule has 0 spiro atoms. The number of esters is 1. The second-order valence-corrected chi connectivity index (χ2v) is 7.19. The lowest BCUT2D eigenvalue weighted by Crippen LogP contribution is -2.31. The molecule has 0 aliphatic heterocycles. The summed E-state index contributed by atoms with van der Waals surface area (Å²) in [7, 11) is 0. The predicted octanol–water partition coefficient (Wildman–Crippen LogP) is 4.19. The van der Waals surface area contributed by atoms with Crippen LogP contribution in [0.25, 0.3) is 0 Å². The zero-order valence-corrected chi connectivity index (χ0v) is 17.9. The molecule has 0 aliphatic carbocycles. The lowest BCUT2D eigenvalue weighted by Gasteiger charge is -2.19. The Morgan fingerprint density at radius 2 is 1.68 bits per heavy atom. The number of aliphatic hydroxyl groups excluding tert-OH is 1. The third kappa shape index (κ3) is 6.79. The molecule has 2 aromatic rings. The van der Waals surface area contributed by atoms with Gasteiger partial charge in [0.2, 0.25) is 0 Å². The predicted molar refractivity (Wildman–Crippen MR) is 117 cm³/mol. The lowest BCUT2D eigenvalue weighted by atomic mass is 10.0. The summed E-state index contributed by atoms with van der Waals surface area (Å²) >= 11 is 6.09. The second kappa shape index (κ2) is 11.1. The molecule has 162 valence electrons. The van der Waals surface area contributed by atoms with Gasteiger partial charge in [0.15, 0.2) is 5.78 Å². The van der Waals surface area contributed by atoms with Crippen molar-refractivity contribution in [2.24, 2.45) is 0 Å². The molecule has 1 atom stereocenters. The molecule has 2 aromatic carbocycles. The van der Waals surface area contributed by atoms with E-state index in [9.17, 15) is 19.5 Å². The van der Waals surface area contributed by atoms with Crippen LogP contribution in [0.15, 0.2) is 65.9 Å². The number of ketones is 1. The summed E-state index contributed by atoms with van der Waals surface area (Å²) in [6.07, 6.45) is -0.216. The number of hydrogen-bond acceptors (Lipinski definition) is 6. The molecule has 0 unspecified atom stereocenters. The van der Waals surface area contributed by atoms with Gasteiger partial charge < -0.3 is 20.6 Å². The molecule has 0 fully saturated rings. The maximum atomic E-state index is 12.7. The van der Waals surface area contributed by atoms with Gasteiger partial charge in [0, 0.05) is 5.71 Å². The molecule has 0 aromatic heterocycles. The maximum Gasteiger partial charge on any atom is 0.308 e. The zero-order valence-electron chi connectivity index (χ0n) is 17.1. The number of carbonyl (C=O) groups excluding carboxylic acids is 3. The van der Waals surface area contributed by atoms with Crippen LogP contribution in [0, 0.1) is 5.41 Å². The first kappa shape index (κ1) is 23.8. The molecule has 8 heteroatoms. The Morgan fingerprint density at radius 3 is 2.26 bits per heavy atom.